The summed E-state index contributed by atoms with van der Waals surface area (Å²) in [4.78, 5) is 11.8. The van der Waals surface area contributed by atoms with Gasteiger partial charge in [0.15, 0.2) is 0 Å². The SMILES string of the molecule is O=C(NC1CC(NCc2ccc(O)cc2)C1)OCc1ccccc1. The zero-order valence-corrected chi connectivity index (χ0v) is 13.4. The summed E-state index contributed by atoms with van der Waals surface area (Å²) < 4.78 is 5.22. The van der Waals surface area contributed by atoms with Gasteiger partial charge in [0.25, 0.3) is 0 Å². The summed E-state index contributed by atoms with van der Waals surface area (Å²) >= 11 is 0. The first-order valence-corrected chi connectivity index (χ1v) is 8.17. The van der Waals surface area contributed by atoms with Gasteiger partial charge in [0.2, 0.25) is 0 Å². The average Bonchev–Trinajstić information content (AvgIpc) is 2.57. The lowest BCUT2D eigenvalue weighted by atomic mass is 9.87. The number of benzene rings is 2. The van der Waals surface area contributed by atoms with E-state index < -0.39 is 0 Å². The summed E-state index contributed by atoms with van der Waals surface area (Å²) in [6.45, 7) is 1.05. The van der Waals surface area contributed by atoms with Crippen LogP contribution in [0.1, 0.15) is 24.0 Å². The van der Waals surface area contributed by atoms with Crippen molar-refractivity contribution in [2.75, 3.05) is 0 Å². The number of alkyl carbamates (subject to hydrolysis) is 1. The van der Waals surface area contributed by atoms with Crippen LogP contribution < -0.4 is 10.6 Å². The molecule has 0 unspecified atom stereocenters. The van der Waals surface area contributed by atoms with Crippen LogP contribution in [0.25, 0.3) is 0 Å². The summed E-state index contributed by atoms with van der Waals surface area (Å²) in [5.74, 6) is 0.278. The highest BCUT2D eigenvalue weighted by Crippen LogP contribution is 2.21. The van der Waals surface area contributed by atoms with Crippen LogP contribution in [0, 0.1) is 0 Å². The maximum atomic E-state index is 11.8. The van der Waals surface area contributed by atoms with E-state index in [9.17, 15) is 9.90 Å². The number of carbonyl (C=O) groups is 1. The fourth-order valence-electron chi connectivity index (χ4n) is 2.71. The molecule has 0 bridgehead atoms. The minimum Gasteiger partial charge on any atom is -0.508 e. The van der Waals surface area contributed by atoms with Crippen molar-refractivity contribution in [1.82, 2.24) is 10.6 Å². The Morgan fingerprint density at radius 1 is 1.00 bits per heavy atom. The molecule has 1 fully saturated rings. The predicted octanol–water partition coefficient (Wildman–Crippen LogP) is 2.94. The van der Waals surface area contributed by atoms with Crippen molar-refractivity contribution < 1.29 is 14.6 Å². The Balaban J connectivity index is 1.30. The molecule has 0 aliphatic heterocycles. The van der Waals surface area contributed by atoms with E-state index in [0.717, 1.165) is 30.5 Å². The number of rotatable bonds is 6. The van der Waals surface area contributed by atoms with Crippen molar-refractivity contribution in [3.8, 4) is 5.75 Å². The molecule has 3 rings (SSSR count). The number of phenolic OH excluding ortho intramolecular Hbond substituents is 1. The van der Waals surface area contributed by atoms with Gasteiger partial charge < -0.3 is 20.5 Å². The smallest absolute Gasteiger partial charge is 0.407 e. The average molecular weight is 326 g/mol. The molecule has 5 nitrogen and oxygen atoms in total. The van der Waals surface area contributed by atoms with E-state index in [2.05, 4.69) is 10.6 Å². The van der Waals surface area contributed by atoms with Gasteiger partial charge in [-0.05, 0) is 36.1 Å². The van der Waals surface area contributed by atoms with Gasteiger partial charge in [-0.3, -0.25) is 0 Å². The van der Waals surface area contributed by atoms with Crippen LogP contribution in [0.3, 0.4) is 0 Å². The van der Waals surface area contributed by atoms with E-state index in [1.54, 1.807) is 12.1 Å². The lowest BCUT2D eigenvalue weighted by Gasteiger charge is -2.36. The molecule has 0 spiro atoms. The maximum Gasteiger partial charge on any atom is 0.407 e. The lowest BCUT2D eigenvalue weighted by molar-refractivity contribution is 0.125. The minimum atomic E-state index is -0.360. The molecule has 0 radical (unpaired) electrons. The number of phenols is 1. The molecule has 5 heteroatoms. The number of hydrogen-bond donors (Lipinski definition) is 3. The molecule has 126 valence electrons. The fourth-order valence-corrected chi connectivity index (χ4v) is 2.71. The van der Waals surface area contributed by atoms with Gasteiger partial charge in [-0.1, -0.05) is 42.5 Å². The third-order valence-electron chi connectivity index (χ3n) is 4.20. The van der Waals surface area contributed by atoms with Gasteiger partial charge in [0, 0.05) is 18.6 Å². The number of hydrogen-bond acceptors (Lipinski definition) is 4. The molecule has 0 atom stereocenters. The second kappa shape index (κ2) is 7.84. The zero-order valence-electron chi connectivity index (χ0n) is 13.4. The van der Waals surface area contributed by atoms with E-state index in [1.807, 2.05) is 42.5 Å². The summed E-state index contributed by atoms with van der Waals surface area (Å²) in [6, 6.07) is 17.4. The van der Waals surface area contributed by atoms with Crippen molar-refractivity contribution in [3.63, 3.8) is 0 Å². The highest BCUT2D eigenvalue weighted by molar-refractivity contribution is 5.67. The van der Waals surface area contributed by atoms with Crippen LogP contribution in [0.2, 0.25) is 0 Å². The Bertz CT molecular complexity index is 652. The summed E-state index contributed by atoms with van der Waals surface area (Å²) in [5.41, 5.74) is 2.11. The molecule has 0 heterocycles. The highest BCUT2D eigenvalue weighted by atomic mass is 16.5. The Morgan fingerprint density at radius 3 is 2.42 bits per heavy atom. The Morgan fingerprint density at radius 2 is 1.71 bits per heavy atom. The minimum absolute atomic E-state index is 0.172. The zero-order chi connectivity index (χ0) is 16.8. The molecule has 24 heavy (non-hydrogen) atoms. The fraction of sp³-hybridized carbons (Fsp3) is 0.316. The second-order valence-electron chi connectivity index (χ2n) is 6.12. The molecule has 3 N–H and O–H groups in total. The molecular formula is C19H22N2O3. The van der Waals surface area contributed by atoms with E-state index in [4.69, 9.17) is 4.74 Å². The summed E-state index contributed by atoms with van der Waals surface area (Å²) in [6.07, 6.45) is 1.44. The quantitative estimate of drug-likeness (QED) is 0.763. The van der Waals surface area contributed by atoms with Crippen molar-refractivity contribution >= 4 is 6.09 Å². The molecule has 2 aromatic carbocycles. The number of ether oxygens (including phenoxy) is 1. The Labute approximate surface area is 141 Å². The molecular weight excluding hydrogens is 304 g/mol. The maximum absolute atomic E-state index is 11.8. The van der Waals surface area contributed by atoms with Crippen LogP contribution in [0.5, 0.6) is 5.75 Å². The second-order valence-corrected chi connectivity index (χ2v) is 6.12. The number of carbonyl (C=O) groups excluding carboxylic acids is 1. The van der Waals surface area contributed by atoms with E-state index in [1.165, 1.54) is 0 Å². The van der Waals surface area contributed by atoms with Gasteiger partial charge >= 0.3 is 6.09 Å². The lowest BCUT2D eigenvalue weighted by Crippen LogP contribution is -2.52. The normalized spacial score (nSPS) is 19.3. The van der Waals surface area contributed by atoms with Crippen LogP contribution in [0.4, 0.5) is 4.79 Å². The summed E-state index contributed by atoms with van der Waals surface area (Å²) in [5, 5.41) is 15.6. The van der Waals surface area contributed by atoms with Crippen molar-refractivity contribution in [2.24, 2.45) is 0 Å². The molecule has 1 aliphatic carbocycles. The molecule has 0 aromatic heterocycles. The van der Waals surface area contributed by atoms with Gasteiger partial charge in [-0.25, -0.2) is 4.79 Å². The van der Waals surface area contributed by atoms with Gasteiger partial charge in [0.1, 0.15) is 12.4 Å². The van der Waals surface area contributed by atoms with Crippen LogP contribution >= 0.6 is 0 Å². The topological polar surface area (TPSA) is 70.6 Å². The van der Waals surface area contributed by atoms with E-state index >= 15 is 0 Å². The van der Waals surface area contributed by atoms with E-state index in [0.29, 0.717) is 12.6 Å². The predicted molar refractivity (Wildman–Crippen MR) is 91.5 cm³/mol. The first-order chi connectivity index (χ1) is 11.7. The van der Waals surface area contributed by atoms with Gasteiger partial charge in [0.05, 0.1) is 0 Å². The molecule has 1 amide bonds. The molecule has 0 saturated heterocycles. The molecule has 2 aromatic rings. The van der Waals surface area contributed by atoms with Crippen LogP contribution in [0.15, 0.2) is 54.6 Å². The molecule has 1 saturated carbocycles. The van der Waals surface area contributed by atoms with Crippen LogP contribution in [-0.2, 0) is 17.9 Å². The third-order valence-corrected chi connectivity index (χ3v) is 4.20. The number of amides is 1. The first-order valence-electron chi connectivity index (χ1n) is 8.17. The third kappa shape index (κ3) is 4.73. The Kier molecular flexibility index (Phi) is 5.33. The largest absolute Gasteiger partial charge is 0.508 e. The monoisotopic (exact) mass is 326 g/mol. The van der Waals surface area contributed by atoms with Crippen molar-refractivity contribution in [1.29, 1.82) is 0 Å². The van der Waals surface area contributed by atoms with Crippen LogP contribution in [-0.4, -0.2) is 23.3 Å². The van der Waals surface area contributed by atoms with Crippen molar-refractivity contribution in [3.05, 3.63) is 65.7 Å². The van der Waals surface area contributed by atoms with Gasteiger partial charge in [-0.2, -0.15) is 0 Å². The number of nitrogens with one attached hydrogen (secondary N) is 2. The number of aromatic hydroxyl groups is 1. The van der Waals surface area contributed by atoms with Crippen molar-refractivity contribution in [2.45, 2.75) is 38.1 Å². The standard InChI is InChI=1S/C19H22N2O3/c22-18-8-6-14(7-9-18)12-20-16-10-17(11-16)21-19(23)24-13-15-4-2-1-3-5-15/h1-9,16-17,20,22H,10-13H2,(H,21,23). The van der Waals surface area contributed by atoms with Gasteiger partial charge in [-0.15, -0.1) is 0 Å². The summed E-state index contributed by atoms with van der Waals surface area (Å²) in [7, 11) is 0. The molecule has 1 aliphatic rings. The Hall–Kier alpha value is -2.53. The van der Waals surface area contributed by atoms with E-state index in [-0.39, 0.29) is 17.9 Å². The highest BCUT2D eigenvalue weighted by Gasteiger charge is 2.30. The first kappa shape index (κ1) is 16.3.